The number of para-hydroxylation sites is 1. The molecule has 1 N–H and O–H groups in total. The minimum atomic E-state index is -0.143. The Kier molecular flexibility index (Phi) is 6.87. The van der Waals surface area contributed by atoms with Gasteiger partial charge in [0.05, 0.1) is 16.0 Å². The van der Waals surface area contributed by atoms with E-state index in [9.17, 15) is 4.79 Å². The number of benzene rings is 2. The Morgan fingerprint density at radius 2 is 2.09 bits per heavy atom. The van der Waals surface area contributed by atoms with Crippen molar-refractivity contribution in [2.45, 2.75) is 32.2 Å². The van der Waals surface area contributed by atoms with Crippen molar-refractivity contribution in [3.63, 3.8) is 0 Å². The molecule has 32 heavy (non-hydrogen) atoms. The number of thiazole rings is 1. The number of fused-ring (bicyclic) bond motifs is 1. The van der Waals surface area contributed by atoms with Crippen LogP contribution in [-0.2, 0) is 17.9 Å². The molecule has 1 amide bonds. The zero-order valence-corrected chi connectivity index (χ0v) is 19.5. The van der Waals surface area contributed by atoms with Crippen molar-refractivity contribution in [1.29, 1.82) is 0 Å². The fourth-order valence-electron chi connectivity index (χ4n) is 3.06. The maximum absolute atomic E-state index is 12.5. The van der Waals surface area contributed by atoms with Crippen LogP contribution in [0.15, 0.2) is 60.3 Å². The predicted octanol–water partition coefficient (Wildman–Crippen LogP) is 5.00. The topological polar surface area (TPSA) is 81.9 Å². The first-order chi connectivity index (χ1) is 15.5. The van der Waals surface area contributed by atoms with Crippen molar-refractivity contribution in [3.8, 4) is 5.75 Å². The summed E-state index contributed by atoms with van der Waals surface area (Å²) < 4.78 is 8.93. The van der Waals surface area contributed by atoms with Gasteiger partial charge in [-0.3, -0.25) is 9.36 Å². The molecule has 4 rings (SSSR count). The summed E-state index contributed by atoms with van der Waals surface area (Å²) in [6, 6.07) is 13.9. The van der Waals surface area contributed by atoms with Crippen molar-refractivity contribution in [2.75, 3.05) is 11.1 Å². The van der Waals surface area contributed by atoms with E-state index in [1.807, 2.05) is 54.8 Å². The summed E-state index contributed by atoms with van der Waals surface area (Å²) in [6.07, 6.45) is 1.77. The molecular formula is C23H23N5O2S2. The van der Waals surface area contributed by atoms with E-state index >= 15 is 0 Å². The summed E-state index contributed by atoms with van der Waals surface area (Å²) in [7, 11) is 0. The molecule has 0 saturated carbocycles. The second-order valence-corrected chi connectivity index (χ2v) is 9.15. The van der Waals surface area contributed by atoms with Crippen LogP contribution in [0, 0.1) is 13.8 Å². The molecule has 2 aromatic heterocycles. The number of thioether (sulfide) groups is 1. The Balaban J connectivity index is 1.39. The molecule has 0 spiro atoms. The monoisotopic (exact) mass is 465 g/mol. The average molecular weight is 466 g/mol. The van der Waals surface area contributed by atoms with Gasteiger partial charge in [0.2, 0.25) is 5.91 Å². The lowest BCUT2D eigenvalue weighted by Crippen LogP contribution is -2.14. The lowest BCUT2D eigenvalue weighted by atomic mass is 10.1. The molecule has 0 unspecified atom stereocenters. The Morgan fingerprint density at radius 1 is 1.25 bits per heavy atom. The molecular weight excluding hydrogens is 442 g/mol. The number of nitrogens with zero attached hydrogens (tertiary/aromatic N) is 4. The molecule has 9 heteroatoms. The van der Waals surface area contributed by atoms with E-state index in [0.29, 0.717) is 22.7 Å². The highest BCUT2D eigenvalue weighted by atomic mass is 32.2. The highest BCUT2D eigenvalue weighted by molar-refractivity contribution is 7.99. The number of anilines is 1. The molecule has 0 radical (unpaired) electrons. The largest absolute Gasteiger partial charge is 0.485 e. The number of allylic oxidation sites excluding steroid dienone is 1. The summed E-state index contributed by atoms with van der Waals surface area (Å²) in [5, 5.41) is 12.6. The molecule has 0 saturated heterocycles. The van der Waals surface area contributed by atoms with Gasteiger partial charge in [-0.05, 0) is 43.2 Å². The van der Waals surface area contributed by atoms with Crippen LogP contribution in [0.3, 0.4) is 0 Å². The van der Waals surface area contributed by atoms with E-state index in [2.05, 4.69) is 33.1 Å². The van der Waals surface area contributed by atoms with Gasteiger partial charge < -0.3 is 10.1 Å². The van der Waals surface area contributed by atoms with Crippen LogP contribution in [-0.4, -0.2) is 31.4 Å². The smallest absolute Gasteiger partial charge is 0.236 e. The number of carbonyl (C=O) groups excluding carboxylic acids is 1. The Morgan fingerprint density at radius 3 is 2.91 bits per heavy atom. The first-order valence-corrected chi connectivity index (χ1v) is 11.8. The Bertz CT molecular complexity index is 1230. The summed E-state index contributed by atoms with van der Waals surface area (Å²) in [4.78, 5) is 16.9. The van der Waals surface area contributed by atoms with E-state index in [0.717, 1.165) is 27.1 Å². The van der Waals surface area contributed by atoms with Crippen molar-refractivity contribution >= 4 is 44.4 Å². The summed E-state index contributed by atoms with van der Waals surface area (Å²) in [5.74, 6) is 1.56. The Labute approximate surface area is 194 Å². The molecule has 4 aromatic rings. The van der Waals surface area contributed by atoms with Gasteiger partial charge in [0.15, 0.2) is 16.1 Å². The van der Waals surface area contributed by atoms with Gasteiger partial charge in [-0.15, -0.1) is 16.8 Å². The highest BCUT2D eigenvalue weighted by Crippen LogP contribution is 2.26. The van der Waals surface area contributed by atoms with Crippen molar-refractivity contribution < 1.29 is 9.53 Å². The standard InChI is InChI=1S/C23H23N5O2S2/c1-4-11-28-20(13-30-18-12-15(2)9-10-16(18)3)26-27-23(28)31-14-21(29)25-22-24-17-7-5-6-8-19(17)32-22/h4-10,12H,1,11,13-14H2,2-3H3,(H,24,25,29). The minimum Gasteiger partial charge on any atom is -0.485 e. The van der Waals surface area contributed by atoms with E-state index in [1.165, 1.54) is 23.1 Å². The average Bonchev–Trinajstić information content (AvgIpc) is 3.36. The second kappa shape index (κ2) is 9.97. The lowest BCUT2D eigenvalue weighted by molar-refractivity contribution is -0.113. The number of hydrogen-bond acceptors (Lipinski definition) is 7. The van der Waals surface area contributed by atoms with Gasteiger partial charge in [-0.25, -0.2) is 4.98 Å². The minimum absolute atomic E-state index is 0.143. The number of nitrogens with one attached hydrogen (secondary N) is 1. The maximum Gasteiger partial charge on any atom is 0.236 e. The number of aromatic nitrogens is 4. The molecule has 0 fully saturated rings. The quantitative estimate of drug-likeness (QED) is 0.277. The normalized spacial score (nSPS) is 10.9. The number of amides is 1. The molecule has 0 atom stereocenters. The third-order valence-electron chi connectivity index (χ3n) is 4.68. The first-order valence-electron chi connectivity index (χ1n) is 10.0. The van der Waals surface area contributed by atoms with Gasteiger partial charge in [0.25, 0.3) is 0 Å². The summed E-state index contributed by atoms with van der Waals surface area (Å²) in [5.41, 5.74) is 3.07. The van der Waals surface area contributed by atoms with Crippen LogP contribution >= 0.6 is 23.1 Å². The van der Waals surface area contributed by atoms with Crippen molar-refractivity contribution in [1.82, 2.24) is 19.7 Å². The van der Waals surface area contributed by atoms with Gasteiger partial charge in [0, 0.05) is 6.54 Å². The molecule has 2 heterocycles. The maximum atomic E-state index is 12.5. The van der Waals surface area contributed by atoms with Crippen LogP contribution in [0.1, 0.15) is 17.0 Å². The van der Waals surface area contributed by atoms with Crippen molar-refractivity contribution in [2.24, 2.45) is 0 Å². The van der Waals surface area contributed by atoms with Gasteiger partial charge in [0.1, 0.15) is 12.4 Å². The SMILES string of the molecule is C=CCn1c(COc2cc(C)ccc2C)nnc1SCC(=O)Nc1nc2ccccc2s1. The molecule has 2 aromatic carbocycles. The zero-order valence-electron chi connectivity index (χ0n) is 17.9. The van der Waals surface area contributed by atoms with Crippen LogP contribution in [0.25, 0.3) is 10.2 Å². The number of aryl methyl sites for hydroxylation is 2. The van der Waals surface area contributed by atoms with Crippen LogP contribution in [0.4, 0.5) is 5.13 Å². The van der Waals surface area contributed by atoms with E-state index in [4.69, 9.17) is 4.74 Å². The van der Waals surface area contributed by atoms with Gasteiger partial charge >= 0.3 is 0 Å². The van der Waals surface area contributed by atoms with Gasteiger partial charge in [-0.1, -0.05) is 53.4 Å². The van der Waals surface area contributed by atoms with E-state index in [1.54, 1.807) is 6.08 Å². The number of carbonyl (C=O) groups is 1. The predicted molar refractivity (Wildman–Crippen MR) is 129 cm³/mol. The summed E-state index contributed by atoms with van der Waals surface area (Å²) >= 11 is 2.77. The van der Waals surface area contributed by atoms with Crippen molar-refractivity contribution in [3.05, 3.63) is 72.1 Å². The van der Waals surface area contributed by atoms with Crippen LogP contribution in [0.2, 0.25) is 0 Å². The Hall–Kier alpha value is -3.17. The lowest BCUT2D eigenvalue weighted by Gasteiger charge is -2.11. The fourth-order valence-corrected chi connectivity index (χ4v) is 4.71. The summed E-state index contributed by atoms with van der Waals surface area (Å²) in [6.45, 7) is 8.67. The first kappa shape index (κ1) is 22.0. The van der Waals surface area contributed by atoms with Crippen LogP contribution in [0.5, 0.6) is 5.75 Å². The zero-order chi connectivity index (χ0) is 22.5. The molecule has 164 valence electrons. The van der Waals surface area contributed by atoms with Gasteiger partial charge in [-0.2, -0.15) is 0 Å². The van der Waals surface area contributed by atoms with E-state index in [-0.39, 0.29) is 18.3 Å². The third-order valence-corrected chi connectivity index (χ3v) is 6.60. The highest BCUT2D eigenvalue weighted by Gasteiger charge is 2.15. The van der Waals surface area contributed by atoms with Crippen LogP contribution < -0.4 is 10.1 Å². The number of rotatable bonds is 9. The molecule has 7 nitrogen and oxygen atoms in total. The molecule has 0 aliphatic carbocycles. The second-order valence-electron chi connectivity index (χ2n) is 7.18. The number of ether oxygens (including phenoxy) is 1. The third kappa shape index (κ3) is 5.17. The fraction of sp³-hybridized carbons (Fsp3) is 0.217. The molecule has 0 aliphatic heterocycles. The number of hydrogen-bond donors (Lipinski definition) is 1. The van der Waals surface area contributed by atoms with E-state index < -0.39 is 0 Å². The molecule has 0 bridgehead atoms. The molecule has 0 aliphatic rings.